The van der Waals surface area contributed by atoms with E-state index in [-0.39, 0.29) is 11.4 Å². The minimum Gasteiger partial charge on any atom is -0.379 e. The Balaban J connectivity index is 2.15. The molecule has 0 radical (unpaired) electrons. The summed E-state index contributed by atoms with van der Waals surface area (Å²) in [4.78, 5) is 0.566. The van der Waals surface area contributed by atoms with Crippen LogP contribution in [0.1, 0.15) is 27.2 Å². The predicted molar refractivity (Wildman–Crippen MR) is 85.9 cm³/mol. The van der Waals surface area contributed by atoms with Crippen molar-refractivity contribution in [2.45, 2.75) is 47.6 Å². The Kier molecular flexibility index (Phi) is 5.23. The van der Waals surface area contributed by atoms with Crippen LogP contribution in [0.2, 0.25) is 0 Å². The van der Waals surface area contributed by atoms with E-state index in [2.05, 4.69) is 4.72 Å². The molecule has 1 aliphatic rings. The lowest BCUT2D eigenvalue weighted by molar-refractivity contribution is 0.00265. The second-order valence-corrected chi connectivity index (χ2v) is 8.95. The normalized spacial score (nSPS) is 23.5. The summed E-state index contributed by atoms with van der Waals surface area (Å²) in [5, 5.41) is -2.94. The van der Waals surface area contributed by atoms with Crippen molar-refractivity contribution in [1.82, 2.24) is 4.72 Å². The first kappa shape index (κ1) is 17.1. The first-order chi connectivity index (χ1) is 9.74. The average molecular weight is 333 g/mol. The Hall–Kier alpha value is -0.300. The minimum absolute atomic E-state index is 0.0307. The number of hydrogen-bond acceptors (Lipinski definition) is 4. The van der Waals surface area contributed by atoms with Gasteiger partial charge in [0, 0.05) is 16.2 Å². The fourth-order valence-electron chi connectivity index (χ4n) is 1.92. The molecule has 1 aliphatic heterocycles. The van der Waals surface area contributed by atoms with Crippen LogP contribution in [0.15, 0.2) is 35.2 Å². The zero-order valence-electron chi connectivity index (χ0n) is 12.5. The van der Waals surface area contributed by atoms with Crippen LogP contribution >= 0.6 is 23.7 Å². The van der Waals surface area contributed by atoms with Crippen molar-refractivity contribution in [3.8, 4) is 0 Å². The highest BCUT2D eigenvalue weighted by atomic mass is 32.2. The third-order valence-electron chi connectivity index (χ3n) is 3.12. The smallest absolute Gasteiger partial charge is 0.319 e. The Labute approximate surface area is 133 Å². The van der Waals surface area contributed by atoms with Crippen LogP contribution in [0, 0.1) is 0 Å². The summed E-state index contributed by atoms with van der Waals surface area (Å²) >= 11 is 1.95. The van der Waals surface area contributed by atoms with Gasteiger partial charge in [-0.25, -0.2) is 4.72 Å². The maximum atomic E-state index is 14.9. The average Bonchev–Trinajstić information content (AvgIpc) is 2.87. The topological polar surface area (TPSA) is 21.3 Å². The van der Waals surface area contributed by atoms with E-state index >= 15 is 0 Å². The fraction of sp³-hybridized carbons (Fsp3) is 0.600. The van der Waals surface area contributed by atoms with E-state index in [9.17, 15) is 8.78 Å². The van der Waals surface area contributed by atoms with Crippen molar-refractivity contribution in [2.75, 3.05) is 13.2 Å². The molecule has 1 aromatic carbocycles. The van der Waals surface area contributed by atoms with Gasteiger partial charge >= 0.3 is 5.25 Å². The van der Waals surface area contributed by atoms with Crippen LogP contribution in [0.4, 0.5) is 8.78 Å². The van der Waals surface area contributed by atoms with Gasteiger partial charge in [0.05, 0.1) is 6.61 Å². The molecule has 1 heterocycles. The molecule has 6 heteroatoms. The Bertz CT molecular complexity index is 456. The van der Waals surface area contributed by atoms with Gasteiger partial charge < -0.3 is 4.74 Å². The van der Waals surface area contributed by atoms with E-state index in [1.54, 1.807) is 24.3 Å². The van der Waals surface area contributed by atoms with E-state index in [1.165, 1.54) is 11.9 Å². The molecule has 1 saturated heterocycles. The summed E-state index contributed by atoms with van der Waals surface area (Å²) in [6.45, 7) is 6.38. The number of ether oxygens (including phenoxy) is 1. The third-order valence-corrected chi connectivity index (χ3v) is 5.38. The maximum absolute atomic E-state index is 14.9. The molecule has 1 N–H and O–H groups in total. The van der Waals surface area contributed by atoms with Crippen molar-refractivity contribution in [3.63, 3.8) is 0 Å². The van der Waals surface area contributed by atoms with E-state index in [0.717, 1.165) is 0 Å². The molecule has 0 amide bonds. The molecule has 1 atom stereocenters. The van der Waals surface area contributed by atoms with Gasteiger partial charge in [-0.2, -0.15) is 8.78 Å². The Morgan fingerprint density at radius 1 is 1.19 bits per heavy atom. The number of benzene rings is 1. The highest BCUT2D eigenvalue weighted by molar-refractivity contribution is 8.00. The largest absolute Gasteiger partial charge is 0.379 e. The van der Waals surface area contributed by atoms with Crippen molar-refractivity contribution >= 4 is 23.7 Å². The number of alkyl halides is 2. The SMILES string of the molecule is CC(C)(C)SNC1(C(F)(F)Sc2ccccc2)CCOC1. The van der Waals surface area contributed by atoms with Gasteiger partial charge in [-0.3, -0.25) is 0 Å². The quantitative estimate of drug-likeness (QED) is 0.629. The Morgan fingerprint density at radius 3 is 2.38 bits per heavy atom. The molecule has 1 unspecified atom stereocenters. The lowest BCUT2D eigenvalue weighted by atomic mass is 10.0. The molecule has 0 aromatic heterocycles. The summed E-state index contributed by atoms with van der Waals surface area (Å²) in [7, 11) is 0. The van der Waals surface area contributed by atoms with Gasteiger partial charge in [0.2, 0.25) is 0 Å². The van der Waals surface area contributed by atoms with E-state index in [0.29, 0.717) is 29.7 Å². The second kappa shape index (κ2) is 6.44. The van der Waals surface area contributed by atoms with Gasteiger partial charge in [-0.1, -0.05) is 41.9 Å². The summed E-state index contributed by atoms with van der Waals surface area (Å²) in [5.74, 6) is 0. The van der Waals surface area contributed by atoms with E-state index in [4.69, 9.17) is 4.74 Å². The molecule has 21 heavy (non-hydrogen) atoms. The van der Waals surface area contributed by atoms with Crippen molar-refractivity contribution in [1.29, 1.82) is 0 Å². The molecule has 0 bridgehead atoms. The zero-order valence-corrected chi connectivity index (χ0v) is 14.1. The minimum atomic E-state index is -2.94. The van der Waals surface area contributed by atoms with Gasteiger partial charge in [0.15, 0.2) is 0 Å². The first-order valence-corrected chi connectivity index (χ1v) is 8.52. The van der Waals surface area contributed by atoms with Gasteiger partial charge in [0.25, 0.3) is 0 Å². The van der Waals surface area contributed by atoms with Gasteiger partial charge in [-0.15, -0.1) is 0 Å². The predicted octanol–water partition coefficient (Wildman–Crippen LogP) is 4.57. The monoisotopic (exact) mass is 333 g/mol. The summed E-state index contributed by atoms with van der Waals surface area (Å²) < 4.78 is 37.9. The summed E-state index contributed by atoms with van der Waals surface area (Å²) in [6, 6.07) is 8.78. The molecule has 0 saturated carbocycles. The maximum Gasteiger partial charge on any atom is 0.319 e. The Morgan fingerprint density at radius 2 is 1.86 bits per heavy atom. The van der Waals surface area contributed by atoms with Crippen molar-refractivity contribution < 1.29 is 13.5 Å². The highest BCUT2D eigenvalue weighted by Crippen LogP contribution is 2.48. The molecular weight excluding hydrogens is 312 g/mol. The van der Waals surface area contributed by atoms with Crippen LogP contribution in [-0.2, 0) is 4.74 Å². The molecule has 2 rings (SSSR count). The molecule has 0 aliphatic carbocycles. The number of hydrogen-bond donors (Lipinski definition) is 1. The third kappa shape index (κ3) is 4.34. The zero-order chi connectivity index (χ0) is 15.6. The first-order valence-electron chi connectivity index (χ1n) is 6.89. The molecule has 2 nitrogen and oxygen atoms in total. The summed E-state index contributed by atoms with van der Waals surface area (Å²) in [6.07, 6.45) is 0.308. The van der Waals surface area contributed by atoms with Crippen LogP contribution in [0.3, 0.4) is 0 Å². The molecule has 1 aromatic rings. The fourth-order valence-corrected chi connectivity index (χ4v) is 3.77. The second-order valence-electron chi connectivity index (χ2n) is 6.13. The molecule has 118 valence electrons. The van der Waals surface area contributed by atoms with Crippen molar-refractivity contribution in [3.05, 3.63) is 30.3 Å². The highest BCUT2D eigenvalue weighted by Gasteiger charge is 2.57. The van der Waals surface area contributed by atoms with E-state index < -0.39 is 10.8 Å². The standard InChI is InChI=1S/C15H21F2NOS2/c1-13(2,3)21-18-14(9-10-19-11-14)15(16,17)20-12-7-5-4-6-8-12/h4-8,18H,9-11H2,1-3H3. The van der Waals surface area contributed by atoms with Gasteiger partial charge in [0.1, 0.15) is 5.54 Å². The number of thioether (sulfide) groups is 1. The molecular formula is C15H21F2NOS2. The van der Waals surface area contributed by atoms with Crippen molar-refractivity contribution in [2.24, 2.45) is 0 Å². The van der Waals surface area contributed by atoms with Crippen LogP contribution in [0.5, 0.6) is 0 Å². The number of halogens is 2. The molecule has 1 fully saturated rings. The van der Waals surface area contributed by atoms with E-state index in [1.807, 2.05) is 26.8 Å². The van der Waals surface area contributed by atoms with Gasteiger partial charge in [-0.05, 0) is 39.3 Å². The van der Waals surface area contributed by atoms with Crippen LogP contribution < -0.4 is 4.72 Å². The molecule has 0 spiro atoms. The number of rotatable bonds is 5. The van der Waals surface area contributed by atoms with Crippen LogP contribution in [0.25, 0.3) is 0 Å². The lowest BCUT2D eigenvalue weighted by Crippen LogP contribution is -2.56. The van der Waals surface area contributed by atoms with Crippen LogP contribution in [-0.4, -0.2) is 28.8 Å². The lowest BCUT2D eigenvalue weighted by Gasteiger charge is -2.37. The number of nitrogens with one attached hydrogen (secondary N) is 1. The summed E-state index contributed by atoms with van der Waals surface area (Å²) in [5.41, 5.74) is -1.33.